The van der Waals surface area contributed by atoms with Gasteiger partial charge >= 0.3 is 0 Å². The highest BCUT2D eigenvalue weighted by atomic mass is 19.1. The van der Waals surface area contributed by atoms with Crippen LogP contribution in [0.25, 0.3) is 0 Å². The van der Waals surface area contributed by atoms with Crippen molar-refractivity contribution >= 4 is 17.4 Å². The van der Waals surface area contributed by atoms with Gasteiger partial charge in [0.15, 0.2) is 0 Å². The first kappa shape index (κ1) is 13.2. The standard InChI is InChI=1S/C14H13F2NO3/c15-9-1-2-10(16)12-11(9)13(18)14(19)17(12)7-8-3-5-20-6-4-8/h1-2,8H,3-7H2. The zero-order valence-corrected chi connectivity index (χ0v) is 10.7. The van der Waals surface area contributed by atoms with E-state index in [4.69, 9.17) is 4.74 Å². The van der Waals surface area contributed by atoms with E-state index in [0.29, 0.717) is 13.2 Å². The number of rotatable bonds is 2. The summed E-state index contributed by atoms with van der Waals surface area (Å²) < 4.78 is 32.8. The second kappa shape index (κ2) is 4.94. The first-order valence-electron chi connectivity index (χ1n) is 6.51. The number of carbonyl (C=O) groups is 2. The van der Waals surface area contributed by atoms with E-state index in [-0.39, 0.29) is 18.2 Å². The third kappa shape index (κ3) is 2.00. The number of ether oxygens (including phenoxy) is 1. The van der Waals surface area contributed by atoms with Crippen LogP contribution in [0.1, 0.15) is 23.2 Å². The van der Waals surface area contributed by atoms with Crippen molar-refractivity contribution in [2.45, 2.75) is 12.8 Å². The molecule has 1 aromatic rings. The minimum Gasteiger partial charge on any atom is -0.381 e. The molecule has 1 amide bonds. The van der Waals surface area contributed by atoms with Crippen LogP contribution in [0.4, 0.5) is 14.5 Å². The quantitative estimate of drug-likeness (QED) is 0.778. The second-order valence-electron chi connectivity index (χ2n) is 5.05. The largest absolute Gasteiger partial charge is 0.381 e. The molecule has 0 bridgehead atoms. The fourth-order valence-corrected chi connectivity index (χ4v) is 2.71. The summed E-state index contributed by atoms with van der Waals surface area (Å²) in [6.07, 6.45) is 1.48. The summed E-state index contributed by atoms with van der Waals surface area (Å²) >= 11 is 0. The Morgan fingerprint density at radius 1 is 1.15 bits per heavy atom. The number of benzene rings is 1. The van der Waals surface area contributed by atoms with Gasteiger partial charge in [-0.25, -0.2) is 8.78 Å². The van der Waals surface area contributed by atoms with Gasteiger partial charge in [0.2, 0.25) is 0 Å². The molecular formula is C14H13F2NO3. The molecule has 4 nitrogen and oxygen atoms in total. The molecule has 0 radical (unpaired) electrons. The number of Topliss-reactive ketones (excluding diaryl/α,β-unsaturated/α-hetero) is 1. The molecule has 2 aliphatic heterocycles. The van der Waals surface area contributed by atoms with Crippen molar-refractivity contribution in [2.24, 2.45) is 5.92 Å². The maximum absolute atomic E-state index is 13.9. The molecule has 2 heterocycles. The van der Waals surface area contributed by atoms with E-state index in [1.54, 1.807) is 0 Å². The summed E-state index contributed by atoms with van der Waals surface area (Å²) in [6.45, 7) is 1.39. The van der Waals surface area contributed by atoms with Gasteiger partial charge < -0.3 is 9.64 Å². The van der Waals surface area contributed by atoms with E-state index in [1.807, 2.05) is 0 Å². The van der Waals surface area contributed by atoms with Crippen molar-refractivity contribution in [3.8, 4) is 0 Å². The summed E-state index contributed by atoms with van der Waals surface area (Å²) in [4.78, 5) is 24.8. The highest BCUT2D eigenvalue weighted by Crippen LogP contribution is 2.35. The van der Waals surface area contributed by atoms with Gasteiger partial charge in [-0.15, -0.1) is 0 Å². The molecule has 0 aliphatic carbocycles. The van der Waals surface area contributed by atoms with Gasteiger partial charge in [-0.3, -0.25) is 9.59 Å². The van der Waals surface area contributed by atoms with E-state index in [2.05, 4.69) is 0 Å². The zero-order valence-electron chi connectivity index (χ0n) is 10.7. The van der Waals surface area contributed by atoms with Crippen LogP contribution in [-0.2, 0) is 9.53 Å². The number of ketones is 1. The predicted molar refractivity (Wildman–Crippen MR) is 66.6 cm³/mol. The van der Waals surface area contributed by atoms with Gasteiger partial charge in [0.25, 0.3) is 11.7 Å². The fraction of sp³-hybridized carbons (Fsp3) is 0.429. The Bertz CT molecular complexity index is 582. The number of hydrogen-bond donors (Lipinski definition) is 0. The van der Waals surface area contributed by atoms with Crippen molar-refractivity contribution in [3.63, 3.8) is 0 Å². The number of hydrogen-bond acceptors (Lipinski definition) is 3. The van der Waals surface area contributed by atoms with E-state index >= 15 is 0 Å². The Morgan fingerprint density at radius 2 is 1.80 bits per heavy atom. The average molecular weight is 281 g/mol. The van der Waals surface area contributed by atoms with Crippen LogP contribution in [0.15, 0.2) is 12.1 Å². The highest BCUT2D eigenvalue weighted by molar-refractivity contribution is 6.52. The molecule has 20 heavy (non-hydrogen) atoms. The lowest BCUT2D eigenvalue weighted by Crippen LogP contribution is -2.36. The van der Waals surface area contributed by atoms with Gasteiger partial charge in [-0.2, -0.15) is 0 Å². The van der Waals surface area contributed by atoms with Gasteiger partial charge in [-0.05, 0) is 30.9 Å². The average Bonchev–Trinajstić information content (AvgIpc) is 2.70. The van der Waals surface area contributed by atoms with Crippen LogP contribution in [0.3, 0.4) is 0 Å². The smallest absolute Gasteiger partial charge is 0.299 e. The Hall–Kier alpha value is -1.82. The first-order chi connectivity index (χ1) is 9.59. The maximum atomic E-state index is 13.9. The SMILES string of the molecule is O=C1C(=O)N(CC2CCOCC2)c2c(F)ccc(F)c21. The van der Waals surface area contributed by atoms with Crippen LogP contribution in [-0.4, -0.2) is 31.4 Å². The van der Waals surface area contributed by atoms with Crippen LogP contribution in [0.5, 0.6) is 0 Å². The molecule has 0 spiro atoms. The van der Waals surface area contributed by atoms with Crippen molar-refractivity contribution in [3.05, 3.63) is 29.3 Å². The molecule has 0 saturated carbocycles. The monoisotopic (exact) mass is 281 g/mol. The van der Waals surface area contributed by atoms with Crippen LogP contribution in [0, 0.1) is 17.6 Å². The van der Waals surface area contributed by atoms with Crippen molar-refractivity contribution < 1.29 is 23.1 Å². The van der Waals surface area contributed by atoms with Crippen LogP contribution >= 0.6 is 0 Å². The van der Waals surface area contributed by atoms with Crippen LogP contribution in [0.2, 0.25) is 0 Å². The lowest BCUT2D eigenvalue weighted by atomic mass is 9.99. The third-order valence-corrected chi connectivity index (χ3v) is 3.80. The third-order valence-electron chi connectivity index (χ3n) is 3.80. The minimum absolute atomic E-state index is 0.133. The van der Waals surface area contributed by atoms with Gasteiger partial charge in [0.05, 0.1) is 11.3 Å². The molecule has 3 rings (SSSR count). The molecule has 0 N–H and O–H groups in total. The summed E-state index contributed by atoms with van der Waals surface area (Å²) in [5.41, 5.74) is -0.659. The molecule has 1 saturated heterocycles. The van der Waals surface area contributed by atoms with Gasteiger partial charge in [0.1, 0.15) is 11.6 Å². The minimum atomic E-state index is -0.968. The molecular weight excluding hydrogens is 268 g/mol. The highest BCUT2D eigenvalue weighted by Gasteiger charge is 2.41. The molecule has 1 aromatic carbocycles. The van der Waals surface area contributed by atoms with Gasteiger partial charge in [0, 0.05) is 19.8 Å². The topological polar surface area (TPSA) is 46.6 Å². The van der Waals surface area contributed by atoms with E-state index < -0.39 is 28.9 Å². The summed E-state index contributed by atoms with van der Waals surface area (Å²) in [5, 5.41) is 0. The van der Waals surface area contributed by atoms with Crippen LogP contribution < -0.4 is 4.90 Å². The van der Waals surface area contributed by atoms with Crippen molar-refractivity contribution in [1.29, 1.82) is 0 Å². The molecule has 106 valence electrons. The van der Waals surface area contributed by atoms with Crippen molar-refractivity contribution in [1.82, 2.24) is 0 Å². The zero-order chi connectivity index (χ0) is 14.3. The summed E-state index contributed by atoms with van der Waals surface area (Å²) in [7, 11) is 0. The Labute approximate surface area is 114 Å². The molecule has 1 fully saturated rings. The lowest BCUT2D eigenvalue weighted by molar-refractivity contribution is -0.114. The number of halogens is 2. The summed E-state index contributed by atoms with van der Waals surface area (Å²) in [6, 6.07) is 1.81. The first-order valence-corrected chi connectivity index (χ1v) is 6.51. The van der Waals surface area contributed by atoms with E-state index in [0.717, 1.165) is 29.9 Å². The number of carbonyl (C=O) groups excluding carboxylic acids is 2. The summed E-state index contributed by atoms with van der Waals surface area (Å²) in [5.74, 6) is -3.28. The van der Waals surface area contributed by atoms with Gasteiger partial charge in [-0.1, -0.05) is 0 Å². The Balaban J connectivity index is 1.95. The predicted octanol–water partition coefficient (Wildman–Crippen LogP) is 1.92. The molecule has 0 unspecified atom stereocenters. The number of fused-ring (bicyclic) bond motifs is 1. The maximum Gasteiger partial charge on any atom is 0.299 e. The van der Waals surface area contributed by atoms with Crippen molar-refractivity contribution in [2.75, 3.05) is 24.7 Å². The number of anilines is 1. The van der Waals surface area contributed by atoms with E-state index in [1.165, 1.54) is 0 Å². The fourth-order valence-electron chi connectivity index (χ4n) is 2.71. The Kier molecular flexibility index (Phi) is 3.25. The number of nitrogens with zero attached hydrogens (tertiary/aromatic N) is 1. The Morgan fingerprint density at radius 3 is 2.50 bits per heavy atom. The van der Waals surface area contributed by atoms with E-state index in [9.17, 15) is 18.4 Å². The molecule has 0 atom stereocenters. The molecule has 0 aromatic heterocycles. The lowest BCUT2D eigenvalue weighted by Gasteiger charge is -2.27. The molecule has 6 heteroatoms. The normalized spacial score (nSPS) is 19.6. The molecule has 2 aliphatic rings. The number of amides is 1. The second-order valence-corrected chi connectivity index (χ2v) is 5.05.